The highest BCUT2D eigenvalue weighted by atomic mass is 35.5. The van der Waals surface area contributed by atoms with E-state index in [9.17, 15) is 0 Å². The number of aryl methyl sites for hydroxylation is 2. The molecule has 0 amide bonds. The van der Waals surface area contributed by atoms with E-state index >= 15 is 0 Å². The molecule has 18 heavy (non-hydrogen) atoms. The van der Waals surface area contributed by atoms with Crippen LogP contribution in [0.3, 0.4) is 0 Å². The summed E-state index contributed by atoms with van der Waals surface area (Å²) in [5.41, 5.74) is 8.75. The second-order valence-corrected chi connectivity index (χ2v) is 4.46. The molecule has 0 aliphatic carbocycles. The summed E-state index contributed by atoms with van der Waals surface area (Å²) in [6.45, 7) is 4.59. The summed E-state index contributed by atoms with van der Waals surface area (Å²) in [6, 6.07) is 0. The molecule has 2 aromatic heterocycles. The Morgan fingerprint density at radius 2 is 2.17 bits per heavy atom. The van der Waals surface area contributed by atoms with Crippen LogP contribution in [0, 0.1) is 13.8 Å². The van der Waals surface area contributed by atoms with Gasteiger partial charge in [-0.3, -0.25) is 4.68 Å². The number of nitrogens with zero attached hydrogens (tertiary/aromatic N) is 4. The largest absolute Gasteiger partial charge is 0.368 e. The van der Waals surface area contributed by atoms with Gasteiger partial charge >= 0.3 is 0 Å². The number of halogens is 1. The molecule has 0 saturated carbocycles. The number of nitrogens with two attached hydrogens (primary N) is 1. The molecule has 2 heterocycles. The molecular weight excluding hydrogens is 252 g/mol. The SMILES string of the molecule is Cc1nn(C)c(C)c1CNc1nc(N)ncc1Cl. The Balaban J connectivity index is 2.19. The maximum absolute atomic E-state index is 5.98. The molecule has 0 atom stereocenters. The van der Waals surface area contributed by atoms with E-state index in [0.29, 0.717) is 17.4 Å². The van der Waals surface area contributed by atoms with Crippen LogP contribution < -0.4 is 11.1 Å². The van der Waals surface area contributed by atoms with Crippen molar-refractivity contribution in [2.24, 2.45) is 7.05 Å². The van der Waals surface area contributed by atoms with Crippen molar-refractivity contribution in [3.63, 3.8) is 0 Å². The smallest absolute Gasteiger partial charge is 0.222 e. The number of hydrogen-bond donors (Lipinski definition) is 2. The second-order valence-electron chi connectivity index (χ2n) is 4.05. The third-order valence-corrected chi connectivity index (χ3v) is 3.13. The summed E-state index contributed by atoms with van der Waals surface area (Å²) in [5.74, 6) is 0.730. The van der Waals surface area contributed by atoms with Gasteiger partial charge in [0.1, 0.15) is 5.02 Å². The number of anilines is 2. The van der Waals surface area contributed by atoms with Gasteiger partial charge in [-0.25, -0.2) is 4.98 Å². The fraction of sp³-hybridized carbons (Fsp3) is 0.364. The highest BCUT2D eigenvalue weighted by molar-refractivity contribution is 6.32. The van der Waals surface area contributed by atoms with Gasteiger partial charge in [0.05, 0.1) is 11.9 Å². The topological polar surface area (TPSA) is 81.7 Å². The van der Waals surface area contributed by atoms with E-state index in [0.717, 1.165) is 17.0 Å². The minimum absolute atomic E-state index is 0.196. The highest BCUT2D eigenvalue weighted by Crippen LogP contribution is 2.20. The maximum Gasteiger partial charge on any atom is 0.222 e. The lowest BCUT2D eigenvalue weighted by Crippen LogP contribution is -2.06. The van der Waals surface area contributed by atoms with Gasteiger partial charge in [-0.2, -0.15) is 10.1 Å². The van der Waals surface area contributed by atoms with Crippen molar-refractivity contribution in [3.05, 3.63) is 28.2 Å². The maximum atomic E-state index is 5.98. The zero-order valence-corrected chi connectivity index (χ0v) is 11.3. The molecule has 0 aliphatic rings. The quantitative estimate of drug-likeness (QED) is 0.883. The van der Waals surface area contributed by atoms with Crippen LogP contribution in [0.2, 0.25) is 5.02 Å². The van der Waals surface area contributed by atoms with Crippen molar-refractivity contribution in [3.8, 4) is 0 Å². The number of nitrogens with one attached hydrogen (secondary N) is 1. The molecule has 2 aromatic rings. The average molecular weight is 267 g/mol. The van der Waals surface area contributed by atoms with Crippen molar-refractivity contribution >= 4 is 23.4 Å². The van der Waals surface area contributed by atoms with Gasteiger partial charge < -0.3 is 11.1 Å². The molecule has 6 nitrogen and oxygen atoms in total. The number of nitrogen functional groups attached to an aromatic ring is 1. The van der Waals surface area contributed by atoms with E-state index in [1.807, 2.05) is 25.6 Å². The van der Waals surface area contributed by atoms with Gasteiger partial charge in [0.25, 0.3) is 0 Å². The molecule has 0 fully saturated rings. The van der Waals surface area contributed by atoms with Crippen LogP contribution >= 0.6 is 11.6 Å². The second kappa shape index (κ2) is 4.81. The first-order chi connectivity index (χ1) is 8.49. The number of rotatable bonds is 3. The molecule has 0 aliphatic heterocycles. The van der Waals surface area contributed by atoms with Crippen LogP contribution in [-0.2, 0) is 13.6 Å². The molecule has 3 N–H and O–H groups in total. The summed E-state index contributed by atoms with van der Waals surface area (Å²) in [7, 11) is 1.92. The lowest BCUT2D eigenvalue weighted by molar-refractivity contribution is 0.730. The first-order valence-corrected chi connectivity index (χ1v) is 5.87. The van der Waals surface area contributed by atoms with Crippen LogP contribution in [0.1, 0.15) is 17.0 Å². The fourth-order valence-corrected chi connectivity index (χ4v) is 1.91. The molecule has 0 saturated heterocycles. The van der Waals surface area contributed by atoms with Crippen LogP contribution in [0.5, 0.6) is 0 Å². The first kappa shape index (κ1) is 12.6. The minimum Gasteiger partial charge on any atom is -0.368 e. The zero-order chi connectivity index (χ0) is 13.3. The molecule has 0 unspecified atom stereocenters. The van der Waals surface area contributed by atoms with Gasteiger partial charge in [0, 0.05) is 24.8 Å². The highest BCUT2D eigenvalue weighted by Gasteiger charge is 2.10. The lowest BCUT2D eigenvalue weighted by atomic mass is 10.2. The van der Waals surface area contributed by atoms with Gasteiger partial charge in [-0.1, -0.05) is 11.6 Å². The summed E-state index contributed by atoms with van der Waals surface area (Å²) in [5, 5.41) is 7.95. The Morgan fingerprint density at radius 1 is 1.44 bits per heavy atom. The van der Waals surface area contributed by atoms with Crippen molar-refractivity contribution < 1.29 is 0 Å². The lowest BCUT2D eigenvalue weighted by Gasteiger charge is -2.08. The fourth-order valence-electron chi connectivity index (χ4n) is 1.75. The Bertz CT molecular complexity index is 577. The van der Waals surface area contributed by atoms with E-state index in [4.69, 9.17) is 17.3 Å². The minimum atomic E-state index is 0.196. The first-order valence-electron chi connectivity index (χ1n) is 5.50. The molecule has 2 rings (SSSR count). The molecule has 96 valence electrons. The molecule has 0 aromatic carbocycles. The van der Waals surface area contributed by atoms with E-state index < -0.39 is 0 Å². The van der Waals surface area contributed by atoms with Crippen LogP contribution in [0.15, 0.2) is 6.20 Å². The van der Waals surface area contributed by atoms with E-state index in [1.165, 1.54) is 6.20 Å². The number of hydrogen-bond acceptors (Lipinski definition) is 5. The predicted molar refractivity (Wildman–Crippen MR) is 71.5 cm³/mol. The van der Waals surface area contributed by atoms with E-state index in [2.05, 4.69) is 20.4 Å². The van der Waals surface area contributed by atoms with Crippen molar-refractivity contribution in [1.29, 1.82) is 0 Å². The summed E-state index contributed by atoms with van der Waals surface area (Å²) >= 11 is 5.98. The predicted octanol–water partition coefficient (Wildman–Crippen LogP) is 1.67. The van der Waals surface area contributed by atoms with Gasteiger partial charge in [0.2, 0.25) is 5.95 Å². The normalized spacial score (nSPS) is 10.7. The molecule has 0 radical (unpaired) electrons. The van der Waals surface area contributed by atoms with Gasteiger partial charge in [-0.05, 0) is 13.8 Å². The third kappa shape index (κ3) is 2.38. The van der Waals surface area contributed by atoms with Gasteiger partial charge in [0.15, 0.2) is 5.82 Å². The van der Waals surface area contributed by atoms with Crippen molar-refractivity contribution in [2.45, 2.75) is 20.4 Å². The van der Waals surface area contributed by atoms with Crippen LogP contribution in [0.25, 0.3) is 0 Å². The van der Waals surface area contributed by atoms with E-state index in [1.54, 1.807) is 0 Å². The standard InChI is InChI=1S/C11H15ClN6/c1-6-8(7(2)18(3)17-6)4-14-10-9(12)5-15-11(13)16-10/h5H,4H2,1-3H3,(H3,13,14,15,16). The Morgan fingerprint density at radius 3 is 2.78 bits per heavy atom. The van der Waals surface area contributed by atoms with Crippen molar-refractivity contribution in [2.75, 3.05) is 11.1 Å². The van der Waals surface area contributed by atoms with Crippen molar-refractivity contribution in [1.82, 2.24) is 19.7 Å². The van der Waals surface area contributed by atoms with Gasteiger partial charge in [-0.15, -0.1) is 0 Å². The molecule has 0 bridgehead atoms. The summed E-state index contributed by atoms with van der Waals surface area (Å²) in [6.07, 6.45) is 1.48. The molecule has 0 spiro atoms. The zero-order valence-electron chi connectivity index (χ0n) is 10.5. The van der Waals surface area contributed by atoms with Crippen LogP contribution in [0.4, 0.5) is 11.8 Å². The average Bonchev–Trinajstić information content (AvgIpc) is 2.55. The Kier molecular flexibility index (Phi) is 3.38. The summed E-state index contributed by atoms with van der Waals surface area (Å²) in [4.78, 5) is 7.86. The third-order valence-electron chi connectivity index (χ3n) is 2.85. The summed E-state index contributed by atoms with van der Waals surface area (Å²) < 4.78 is 1.85. The monoisotopic (exact) mass is 266 g/mol. The van der Waals surface area contributed by atoms with Crippen LogP contribution in [-0.4, -0.2) is 19.7 Å². The van der Waals surface area contributed by atoms with E-state index in [-0.39, 0.29) is 5.95 Å². The molecule has 7 heteroatoms. The Hall–Kier alpha value is -1.82. The Labute approximate surface area is 110 Å². The number of aromatic nitrogens is 4. The molecular formula is C11H15ClN6.